The fraction of sp³-hybridized carbons (Fsp3) is 0.423. The molecule has 34 heavy (non-hydrogen) atoms. The van der Waals surface area contributed by atoms with Gasteiger partial charge in [-0.2, -0.15) is 0 Å². The van der Waals surface area contributed by atoms with Crippen molar-refractivity contribution in [1.82, 2.24) is 14.8 Å². The lowest BCUT2D eigenvalue weighted by molar-refractivity contribution is -0.134. The molecule has 1 saturated carbocycles. The van der Waals surface area contributed by atoms with Gasteiger partial charge in [0.05, 0.1) is 30.6 Å². The van der Waals surface area contributed by atoms with Gasteiger partial charge in [-0.25, -0.2) is 0 Å². The molecule has 1 fully saturated rings. The van der Waals surface area contributed by atoms with Gasteiger partial charge in [0.2, 0.25) is 11.8 Å². The normalized spacial score (nSPS) is 20.9. The summed E-state index contributed by atoms with van der Waals surface area (Å²) in [5.74, 6) is -0.142. The zero-order valence-corrected chi connectivity index (χ0v) is 19.6. The smallest absolute Gasteiger partial charge is 0.274 e. The minimum atomic E-state index is -1.14. The van der Waals surface area contributed by atoms with Crippen LogP contribution in [0.3, 0.4) is 0 Å². The number of nitrogens with zero attached hydrogens (tertiary/aromatic N) is 2. The van der Waals surface area contributed by atoms with Crippen LogP contribution in [0.25, 0.3) is 10.9 Å². The van der Waals surface area contributed by atoms with Crippen LogP contribution in [-0.2, 0) is 22.7 Å². The largest absolute Gasteiger partial charge is 0.467 e. The predicted molar refractivity (Wildman–Crippen MR) is 128 cm³/mol. The first-order valence-electron chi connectivity index (χ1n) is 11.9. The van der Waals surface area contributed by atoms with Crippen LogP contribution in [0.5, 0.6) is 0 Å². The molecule has 1 aromatic carbocycles. The van der Waals surface area contributed by atoms with E-state index in [-0.39, 0.29) is 36.9 Å². The number of para-hydroxylation sites is 1. The van der Waals surface area contributed by atoms with Crippen molar-refractivity contribution in [3.63, 3.8) is 0 Å². The van der Waals surface area contributed by atoms with Gasteiger partial charge < -0.3 is 24.5 Å². The quantitative estimate of drug-likeness (QED) is 0.598. The molecular formula is C26H30N4O4. The molecule has 3 amide bonds. The molecule has 2 aromatic heterocycles. The highest BCUT2D eigenvalue weighted by atomic mass is 16.3. The second-order valence-corrected chi connectivity index (χ2v) is 9.56. The molecule has 0 saturated heterocycles. The van der Waals surface area contributed by atoms with E-state index in [2.05, 4.69) is 10.6 Å². The Morgan fingerprint density at radius 3 is 2.59 bits per heavy atom. The number of nitrogens with one attached hydrogen (secondary N) is 2. The lowest BCUT2D eigenvalue weighted by atomic mass is 9.91. The van der Waals surface area contributed by atoms with Crippen LogP contribution in [0.2, 0.25) is 0 Å². The number of carbonyl (C=O) groups is 3. The van der Waals surface area contributed by atoms with Crippen LogP contribution in [0.1, 0.15) is 62.2 Å². The Kier molecular flexibility index (Phi) is 5.67. The predicted octanol–water partition coefficient (Wildman–Crippen LogP) is 4.06. The van der Waals surface area contributed by atoms with Crippen LogP contribution < -0.4 is 10.6 Å². The Hall–Kier alpha value is -3.55. The average Bonchev–Trinajstić information content (AvgIpc) is 3.44. The summed E-state index contributed by atoms with van der Waals surface area (Å²) in [4.78, 5) is 41.4. The Morgan fingerprint density at radius 1 is 1.12 bits per heavy atom. The van der Waals surface area contributed by atoms with E-state index in [0.717, 1.165) is 36.6 Å². The number of carbonyl (C=O) groups excluding carboxylic acids is 3. The highest BCUT2D eigenvalue weighted by Crippen LogP contribution is 2.39. The molecule has 5 rings (SSSR count). The van der Waals surface area contributed by atoms with E-state index in [4.69, 9.17) is 4.42 Å². The summed E-state index contributed by atoms with van der Waals surface area (Å²) < 4.78 is 7.42. The third-order valence-electron chi connectivity index (χ3n) is 7.11. The highest BCUT2D eigenvalue weighted by molar-refractivity contribution is 6.14. The van der Waals surface area contributed by atoms with E-state index in [0.29, 0.717) is 17.1 Å². The van der Waals surface area contributed by atoms with E-state index in [9.17, 15) is 14.4 Å². The first-order chi connectivity index (χ1) is 16.4. The lowest BCUT2D eigenvalue weighted by Gasteiger charge is -2.44. The Labute approximate surface area is 198 Å². The number of rotatable bonds is 5. The minimum absolute atomic E-state index is 0.122. The Bertz CT molecular complexity index is 1240. The molecule has 1 aliphatic heterocycles. The summed E-state index contributed by atoms with van der Waals surface area (Å²) in [6, 6.07) is 11.3. The number of fused-ring (bicyclic) bond motifs is 3. The molecule has 2 aliphatic rings. The van der Waals surface area contributed by atoms with Crippen molar-refractivity contribution in [2.75, 3.05) is 5.32 Å². The van der Waals surface area contributed by atoms with Crippen LogP contribution >= 0.6 is 0 Å². The fourth-order valence-electron chi connectivity index (χ4n) is 5.32. The van der Waals surface area contributed by atoms with E-state index in [1.165, 1.54) is 13.3 Å². The van der Waals surface area contributed by atoms with E-state index < -0.39 is 5.54 Å². The minimum Gasteiger partial charge on any atom is -0.467 e. The van der Waals surface area contributed by atoms with Crippen molar-refractivity contribution in [2.45, 2.75) is 70.6 Å². The average molecular weight is 463 g/mol. The summed E-state index contributed by atoms with van der Waals surface area (Å²) >= 11 is 0. The molecule has 178 valence electrons. The summed E-state index contributed by atoms with van der Waals surface area (Å²) in [5, 5.41) is 6.86. The molecule has 8 heteroatoms. The molecule has 0 radical (unpaired) electrons. The number of benzene rings is 1. The van der Waals surface area contributed by atoms with Crippen LogP contribution in [-0.4, -0.2) is 38.8 Å². The number of aromatic nitrogens is 1. The van der Waals surface area contributed by atoms with Crippen molar-refractivity contribution in [3.8, 4) is 0 Å². The zero-order chi connectivity index (χ0) is 23.9. The van der Waals surface area contributed by atoms with Gasteiger partial charge in [-0.1, -0.05) is 37.5 Å². The van der Waals surface area contributed by atoms with Gasteiger partial charge in [0, 0.05) is 18.4 Å². The molecule has 2 N–H and O–H groups in total. The monoisotopic (exact) mass is 462 g/mol. The molecule has 1 aliphatic carbocycles. The first-order valence-corrected chi connectivity index (χ1v) is 11.9. The van der Waals surface area contributed by atoms with Crippen LogP contribution in [0, 0.1) is 0 Å². The van der Waals surface area contributed by atoms with Crippen molar-refractivity contribution in [3.05, 3.63) is 54.1 Å². The SMILES string of the molecule is CC(=O)Nc1c2n(c3ccccc13)C[C@@](C)(C(=O)NC1CCCCC1)N(Cc1ccco1)C2=O. The van der Waals surface area contributed by atoms with E-state index in [1.807, 2.05) is 35.8 Å². The number of furan rings is 1. The maximum atomic E-state index is 14.1. The van der Waals surface area contributed by atoms with E-state index in [1.54, 1.807) is 23.3 Å². The summed E-state index contributed by atoms with van der Waals surface area (Å²) in [5.41, 5.74) is 0.533. The number of amides is 3. The zero-order valence-electron chi connectivity index (χ0n) is 19.6. The molecular weight excluding hydrogens is 432 g/mol. The van der Waals surface area contributed by atoms with Crippen molar-refractivity contribution in [1.29, 1.82) is 0 Å². The Morgan fingerprint density at radius 2 is 1.88 bits per heavy atom. The third kappa shape index (κ3) is 3.77. The van der Waals surface area contributed by atoms with Gasteiger partial charge in [-0.15, -0.1) is 0 Å². The molecule has 0 spiro atoms. The third-order valence-corrected chi connectivity index (χ3v) is 7.11. The summed E-state index contributed by atoms with van der Waals surface area (Å²) in [6.45, 7) is 3.67. The topological polar surface area (TPSA) is 96.6 Å². The lowest BCUT2D eigenvalue weighted by Crippen LogP contribution is -2.64. The number of hydrogen-bond donors (Lipinski definition) is 2. The molecule has 3 aromatic rings. The molecule has 8 nitrogen and oxygen atoms in total. The van der Waals surface area contributed by atoms with Gasteiger partial charge in [0.15, 0.2) is 0 Å². The van der Waals surface area contributed by atoms with Gasteiger partial charge in [0.1, 0.15) is 17.0 Å². The molecule has 0 bridgehead atoms. The van der Waals surface area contributed by atoms with Gasteiger partial charge >= 0.3 is 0 Å². The van der Waals surface area contributed by atoms with Crippen LogP contribution in [0.4, 0.5) is 5.69 Å². The first kappa shape index (κ1) is 22.3. The number of anilines is 1. The van der Waals surface area contributed by atoms with Gasteiger partial charge in [0.25, 0.3) is 5.91 Å². The van der Waals surface area contributed by atoms with Crippen molar-refractivity contribution >= 4 is 34.3 Å². The Balaban J connectivity index is 1.61. The second-order valence-electron chi connectivity index (χ2n) is 9.56. The van der Waals surface area contributed by atoms with E-state index >= 15 is 0 Å². The van der Waals surface area contributed by atoms with Crippen LogP contribution in [0.15, 0.2) is 47.1 Å². The molecule has 1 atom stereocenters. The van der Waals surface area contributed by atoms with Gasteiger partial charge in [-0.05, 0) is 38.0 Å². The number of hydrogen-bond acceptors (Lipinski definition) is 4. The highest BCUT2D eigenvalue weighted by Gasteiger charge is 2.49. The summed E-state index contributed by atoms with van der Waals surface area (Å²) in [7, 11) is 0. The molecule has 3 heterocycles. The standard InChI is InChI=1S/C26H30N4O4/c1-17(31)27-22-20-12-6-7-13-21(20)29-16-26(2,25(33)28-18-9-4-3-5-10-18)30(24(32)23(22)29)15-19-11-8-14-34-19/h6-8,11-14,18H,3-5,9-10,15-16H2,1-2H3,(H,27,31)(H,28,33)/t26-/m0/s1. The van der Waals surface area contributed by atoms with Crippen molar-refractivity contribution in [2.24, 2.45) is 0 Å². The second kappa shape index (κ2) is 8.66. The van der Waals surface area contributed by atoms with Crippen molar-refractivity contribution < 1.29 is 18.8 Å². The molecule has 0 unspecified atom stereocenters. The maximum absolute atomic E-state index is 14.1. The fourth-order valence-corrected chi connectivity index (χ4v) is 5.32. The van der Waals surface area contributed by atoms with Gasteiger partial charge in [-0.3, -0.25) is 14.4 Å². The summed E-state index contributed by atoms with van der Waals surface area (Å²) in [6.07, 6.45) is 6.86. The maximum Gasteiger partial charge on any atom is 0.274 e.